The number of allylic oxidation sites excluding steroid dienone is 1. The molecule has 0 aromatic heterocycles. The lowest BCUT2D eigenvalue weighted by atomic mass is 9.89. The van der Waals surface area contributed by atoms with Gasteiger partial charge in [-0.1, -0.05) is 11.6 Å². The Balaban J connectivity index is 2.28. The molecule has 0 fully saturated rings. The third-order valence-electron chi connectivity index (χ3n) is 3.38. The number of hydrogen-bond donors (Lipinski definition) is 2. The molecule has 1 aromatic carbocycles. The fourth-order valence-electron chi connectivity index (χ4n) is 2.31. The number of ether oxygens (including phenoxy) is 1. The Kier molecular flexibility index (Phi) is 5.00. The quantitative estimate of drug-likeness (QED) is 0.824. The van der Waals surface area contributed by atoms with E-state index < -0.39 is 23.6 Å². The molecule has 23 heavy (non-hydrogen) atoms. The maximum Gasteiger partial charge on any atom is 0.336 e. The molecule has 1 heterocycles. The second-order valence-electron chi connectivity index (χ2n) is 4.95. The van der Waals surface area contributed by atoms with Crippen molar-refractivity contribution >= 4 is 35.1 Å². The van der Waals surface area contributed by atoms with Crippen LogP contribution >= 0.6 is 11.6 Å². The highest BCUT2D eigenvalue weighted by Crippen LogP contribution is 2.26. The number of methoxy groups -OCH3 is 1. The van der Waals surface area contributed by atoms with E-state index in [0.29, 0.717) is 0 Å². The van der Waals surface area contributed by atoms with Crippen molar-refractivity contribution in [2.24, 2.45) is 5.92 Å². The maximum absolute atomic E-state index is 13.1. The van der Waals surface area contributed by atoms with Crippen molar-refractivity contribution in [1.29, 1.82) is 0 Å². The third kappa shape index (κ3) is 3.68. The molecule has 2 rings (SSSR count). The van der Waals surface area contributed by atoms with Crippen LogP contribution in [0.2, 0.25) is 5.02 Å². The van der Waals surface area contributed by atoms with Gasteiger partial charge in [0.05, 0.1) is 23.6 Å². The van der Waals surface area contributed by atoms with Crippen molar-refractivity contribution in [2.45, 2.75) is 13.3 Å². The molecule has 0 aliphatic carbocycles. The molecule has 6 nitrogen and oxygen atoms in total. The molecule has 0 radical (unpaired) electrons. The predicted molar refractivity (Wildman–Crippen MR) is 81.0 cm³/mol. The second kappa shape index (κ2) is 6.78. The normalized spacial score (nSPS) is 17.6. The number of nitrogens with one attached hydrogen (secondary N) is 2. The summed E-state index contributed by atoms with van der Waals surface area (Å²) >= 11 is 5.66. The van der Waals surface area contributed by atoms with Gasteiger partial charge in [-0.3, -0.25) is 9.59 Å². The summed E-state index contributed by atoms with van der Waals surface area (Å²) in [6.07, 6.45) is -0.192. The Morgan fingerprint density at radius 3 is 2.74 bits per heavy atom. The van der Waals surface area contributed by atoms with Crippen LogP contribution in [-0.4, -0.2) is 24.9 Å². The van der Waals surface area contributed by atoms with Crippen molar-refractivity contribution in [3.63, 3.8) is 0 Å². The highest BCUT2D eigenvalue weighted by Gasteiger charge is 2.36. The molecular weight excluding hydrogens is 327 g/mol. The van der Waals surface area contributed by atoms with Crippen molar-refractivity contribution in [2.75, 3.05) is 12.4 Å². The van der Waals surface area contributed by atoms with Crippen LogP contribution in [0.4, 0.5) is 10.1 Å². The first-order chi connectivity index (χ1) is 10.8. The van der Waals surface area contributed by atoms with Gasteiger partial charge in [0.1, 0.15) is 5.82 Å². The largest absolute Gasteiger partial charge is 0.466 e. The van der Waals surface area contributed by atoms with Gasteiger partial charge < -0.3 is 15.4 Å². The summed E-state index contributed by atoms with van der Waals surface area (Å²) in [5, 5.41) is 4.87. The van der Waals surface area contributed by atoms with Gasteiger partial charge in [-0.25, -0.2) is 9.18 Å². The van der Waals surface area contributed by atoms with E-state index in [9.17, 15) is 18.8 Å². The molecule has 1 atom stereocenters. The van der Waals surface area contributed by atoms with E-state index in [-0.39, 0.29) is 34.3 Å². The van der Waals surface area contributed by atoms with Crippen LogP contribution < -0.4 is 10.6 Å². The molecule has 0 saturated carbocycles. The van der Waals surface area contributed by atoms with E-state index in [1.807, 2.05) is 0 Å². The Morgan fingerprint density at radius 1 is 1.43 bits per heavy atom. The van der Waals surface area contributed by atoms with E-state index in [0.717, 1.165) is 6.07 Å². The lowest BCUT2D eigenvalue weighted by Gasteiger charge is -2.25. The zero-order valence-corrected chi connectivity index (χ0v) is 13.2. The van der Waals surface area contributed by atoms with Gasteiger partial charge in [0.15, 0.2) is 0 Å². The molecule has 8 heteroatoms. The summed E-state index contributed by atoms with van der Waals surface area (Å²) < 4.78 is 17.8. The molecule has 2 N–H and O–H groups in total. The van der Waals surface area contributed by atoms with Gasteiger partial charge in [0, 0.05) is 17.8 Å². The SMILES string of the molecule is COC(=O)C1=C(C)NC(=O)CC1C(=O)Nc1ccc(F)c(Cl)c1. The fourth-order valence-corrected chi connectivity index (χ4v) is 2.49. The first-order valence-electron chi connectivity index (χ1n) is 6.68. The standard InChI is InChI=1S/C15H14ClFN2O4/c1-7-13(15(22)23-2)9(6-12(20)18-7)14(21)19-8-3-4-11(17)10(16)5-8/h3-5,9H,6H2,1-2H3,(H,18,20)(H,19,21). The minimum absolute atomic E-state index is 0.0813. The topological polar surface area (TPSA) is 84.5 Å². The molecule has 1 unspecified atom stereocenters. The lowest BCUT2D eigenvalue weighted by molar-refractivity contribution is -0.139. The zero-order chi connectivity index (χ0) is 17.1. The molecule has 122 valence electrons. The van der Waals surface area contributed by atoms with E-state index in [4.69, 9.17) is 11.6 Å². The van der Waals surface area contributed by atoms with Gasteiger partial charge in [0.25, 0.3) is 0 Å². The van der Waals surface area contributed by atoms with Crippen molar-refractivity contribution in [3.05, 3.63) is 40.3 Å². The monoisotopic (exact) mass is 340 g/mol. The number of carbonyl (C=O) groups is 3. The van der Waals surface area contributed by atoms with Crippen molar-refractivity contribution < 1.29 is 23.5 Å². The second-order valence-corrected chi connectivity index (χ2v) is 5.36. The number of esters is 1. The van der Waals surface area contributed by atoms with Gasteiger partial charge in [-0.15, -0.1) is 0 Å². The maximum atomic E-state index is 13.1. The van der Waals surface area contributed by atoms with Crippen molar-refractivity contribution in [3.8, 4) is 0 Å². The van der Waals surface area contributed by atoms with E-state index in [1.54, 1.807) is 0 Å². The van der Waals surface area contributed by atoms with Crippen LogP contribution in [0.1, 0.15) is 13.3 Å². The molecule has 0 saturated heterocycles. The van der Waals surface area contributed by atoms with E-state index >= 15 is 0 Å². The molecule has 2 amide bonds. The molecule has 1 aromatic rings. The first-order valence-corrected chi connectivity index (χ1v) is 7.06. The van der Waals surface area contributed by atoms with Crippen LogP contribution in [0, 0.1) is 11.7 Å². The van der Waals surface area contributed by atoms with Gasteiger partial charge in [-0.2, -0.15) is 0 Å². The summed E-state index contributed by atoms with van der Waals surface area (Å²) in [5.41, 5.74) is 0.609. The molecular formula is C15H14ClFN2O4. The average Bonchev–Trinajstić information content (AvgIpc) is 2.49. The van der Waals surface area contributed by atoms with Crippen LogP contribution in [0.3, 0.4) is 0 Å². The lowest BCUT2D eigenvalue weighted by Crippen LogP contribution is -2.40. The van der Waals surface area contributed by atoms with Crippen LogP contribution in [0.5, 0.6) is 0 Å². The fraction of sp³-hybridized carbons (Fsp3) is 0.267. The van der Waals surface area contributed by atoms with Crippen LogP contribution in [-0.2, 0) is 19.1 Å². The Hall–Kier alpha value is -2.41. The number of amides is 2. The summed E-state index contributed by atoms with van der Waals surface area (Å²) in [7, 11) is 1.19. The van der Waals surface area contributed by atoms with Gasteiger partial charge in [0.2, 0.25) is 11.8 Å². The summed E-state index contributed by atoms with van der Waals surface area (Å²) in [6, 6.07) is 3.68. The molecule has 0 spiro atoms. The third-order valence-corrected chi connectivity index (χ3v) is 3.67. The minimum Gasteiger partial charge on any atom is -0.466 e. The number of rotatable bonds is 3. The number of carbonyl (C=O) groups excluding carboxylic acids is 3. The number of halogens is 2. The van der Waals surface area contributed by atoms with Gasteiger partial charge >= 0.3 is 5.97 Å². The number of hydrogen-bond acceptors (Lipinski definition) is 4. The van der Waals surface area contributed by atoms with Crippen LogP contribution in [0.25, 0.3) is 0 Å². The summed E-state index contributed by atoms with van der Waals surface area (Å²) in [5.74, 6) is -3.28. The highest BCUT2D eigenvalue weighted by atomic mass is 35.5. The number of benzene rings is 1. The smallest absolute Gasteiger partial charge is 0.336 e. The molecule has 1 aliphatic rings. The Bertz CT molecular complexity index is 717. The summed E-state index contributed by atoms with van der Waals surface area (Å²) in [6.45, 7) is 1.51. The highest BCUT2D eigenvalue weighted by molar-refractivity contribution is 6.31. The van der Waals surface area contributed by atoms with Crippen molar-refractivity contribution in [1.82, 2.24) is 5.32 Å². The minimum atomic E-state index is -1.000. The summed E-state index contributed by atoms with van der Waals surface area (Å²) in [4.78, 5) is 35.9. The van der Waals surface area contributed by atoms with Gasteiger partial charge in [-0.05, 0) is 25.1 Å². The average molecular weight is 341 g/mol. The molecule has 1 aliphatic heterocycles. The Labute approximate surface area is 136 Å². The number of anilines is 1. The van der Waals surface area contributed by atoms with E-state index in [2.05, 4.69) is 15.4 Å². The van der Waals surface area contributed by atoms with E-state index in [1.165, 1.54) is 26.2 Å². The zero-order valence-electron chi connectivity index (χ0n) is 12.4. The van der Waals surface area contributed by atoms with Crippen LogP contribution in [0.15, 0.2) is 29.5 Å². The Morgan fingerprint density at radius 2 is 2.13 bits per heavy atom. The predicted octanol–water partition coefficient (Wildman–Crippen LogP) is 2.00. The first kappa shape index (κ1) is 17.0. The molecule has 0 bridgehead atoms.